The molecule has 1 aliphatic heterocycles. The fraction of sp³-hybridized carbons (Fsp3) is 0.375. The number of anilines is 1. The van der Waals surface area contributed by atoms with E-state index in [9.17, 15) is 0 Å². The van der Waals surface area contributed by atoms with E-state index in [4.69, 9.17) is 5.26 Å². The molecule has 1 aromatic heterocycles. The van der Waals surface area contributed by atoms with Crippen molar-refractivity contribution in [1.82, 2.24) is 14.5 Å². The van der Waals surface area contributed by atoms with E-state index in [1.165, 1.54) is 5.56 Å². The van der Waals surface area contributed by atoms with Crippen LogP contribution in [0.25, 0.3) is 0 Å². The molecule has 1 unspecified atom stereocenters. The second-order valence-electron chi connectivity index (χ2n) is 5.50. The number of hydrogen-bond acceptors (Lipinski definition) is 4. The van der Waals surface area contributed by atoms with E-state index in [2.05, 4.69) is 33.2 Å². The minimum atomic E-state index is 0.531. The van der Waals surface area contributed by atoms with Crippen LogP contribution in [-0.4, -0.2) is 34.1 Å². The molecule has 0 saturated carbocycles. The molecule has 0 radical (unpaired) electrons. The van der Waals surface area contributed by atoms with E-state index in [-0.39, 0.29) is 0 Å². The highest BCUT2D eigenvalue weighted by molar-refractivity contribution is 5.31. The van der Waals surface area contributed by atoms with E-state index in [0.717, 1.165) is 38.4 Å². The molecule has 1 fully saturated rings. The van der Waals surface area contributed by atoms with E-state index in [0.29, 0.717) is 5.92 Å². The molecule has 0 bridgehead atoms. The Morgan fingerprint density at radius 1 is 1.33 bits per heavy atom. The van der Waals surface area contributed by atoms with Crippen LogP contribution < -0.4 is 5.32 Å². The molecule has 108 valence electrons. The van der Waals surface area contributed by atoms with Crippen LogP contribution >= 0.6 is 0 Å². The number of rotatable bonds is 5. The van der Waals surface area contributed by atoms with Gasteiger partial charge in [0.25, 0.3) is 0 Å². The lowest BCUT2D eigenvalue weighted by Crippen LogP contribution is -2.18. The summed E-state index contributed by atoms with van der Waals surface area (Å²) in [5, 5.41) is 12.2. The predicted octanol–water partition coefficient (Wildman–Crippen LogP) is 2.15. The van der Waals surface area contributed by atoms with E-state index in [1.54, 1.807) is 0 Å². The second kappa shape index (κ2) is 6.31. The zero-order valence-electron chi connectivity index (χ0n) is 11.9. The monoisotopic (exact) mass is 281 g/mol. The van der Waals surface area contributed by atoms with Gasteiger partial charge in [0.2, 0.25) is 0 Å². The maximum atomic E-state index is 8.85. The van der Waals surface area contributed by atoms with E-state index < -0.39 is 0 Å². The van der Waals surface area contributed by atoms with Gasteiger partial charge in [0, 0.05) is 32.4 Å². The van der Waals surface area contributed by atoms with Gasteiger partial charge in [0.1, 0.15) is 5.82 Å². The molecule has 1 saturated heterocycles. The number of imidazole rings is 1. The first-order chi connectivity index (χ1) is 10.3. The van der Waals surface area contributed by atoms with Crippen LogP contribution in [-0.2, 0) is 6.54 Å². The summed E-state index contributed by atoms with van der Waals surface area (Å²) < 4.78 is 2.08. The molecule has 0 amide bonds. The lowest BCUT2D eigenvalue weighted by molar-refractivity contribution is 0.460. The van der Waals surface area contributed by atoms with Crippen molar-refractivity contribution in [2.75, 3.05) is 25.0 Å². The van der Waals surface area contributed by atoms with Gasteiger partial charge >= 0.3 is 0 Å². The predicted molar refractivity (Wildman–Crippen MR) is 81.6 cm³/mol. The fourth-order valence-electron chi connectivity index (χ4n) is 2.67. The molecule has 1 atom stereocenters. The Hall–Kier alpha value is -2.48. The fourth-order valence-corrected chi connectivity index (χ4v) is 2.67. The summed E-state index contributed by atoms with van der Waals surface area (Å²) in [6.45, 7) is 3.45. The molecule has 2 heterocycles. The summed E-state index contributed by atoms with van der Waals surface area (Å²) in [5.41, 5.74) is 1.27. The summed E-state index contributed by atoms with van der Waals surface area (Å²) in [4.78, 5) is 6.21. The third kappa shape index (κ3) is 3.54. The molecule has 21 heavy (non-hydrogen) atoms. The third-order valence-corrected chi connectivity index (χ3v) is 3.84. The van der Waals surface area contributed by atoms with Crippen LogP contribution in [0.4, 0.5) is 5.82 Å². The maximum absolute atomic E-state index is 8.85. The van der Waals surface area contributed by atoms with Crippen molar-refractivity contribution in [2.45, 2.75) is 13.0 Å². The van der Waals surface area contributed by atoms with Crippen molar-refractivity contribution >= 4 is 5.82 Å². The number of hydrogen-bond donors (Lipinski definition) is 1. The Bertz CT molecular complexity index is 613. The summed E-state index contributed by atoms with van der Waals surface area (Å²) >= 11 is 0. The van der Waals surface area contributed by atoms with Crippen molar-refractivity contribution in [3.05, 3.63) is 48.4 Å². The zero-order chi connectivity index (χ0) is 14.5. The second-order valence-corrected chi connectivity index (χ2v) is 5.50. The van der Waals surface area contributed by atoms with Gasteiger partial charge in [-0.25, -0.2) is 4.98 Å². The summed E-state index contributed by atoms with van der Waals surface area (Å²) in [7, 11) is 0. The first-order valence-electron chi connectivity index (χ1n) is 7.28. The average molecular weight is 281 g/mol. The molecular weight excluding hydrogens is 262 g/mol. The van der Waals surface area contributed by atoms with Gasteiger partial charge in [-0.3, -0.25) is 0 Å². The van der Waals surface area contributed by atoms with Gasteiger partial charge in [0.05, 0.1) is 6.33 Å². The van der Waals surface area contributed by atoms with Crippen molar-refractivity contribution in [3.63, 3.8) is 0 Å². The molecule has 5 nitrogen and oxygen atoms in total. The molecule has 2 aromatic rings. The Morgan fingerprint density at radius 3 is 2.95 bits per heavy atom. The Labute approximate surface area is 124 Å². The van der Waals surface area contributed by atoms with Gasteiger partial charge in [-0.15, -0.1) is 0 Å². The molecule has 5 heteroatoms. The van der Waals surface area contributed by atoms with Crippen LogP contribution in [0.1, 0.15) is 12.0 Å². The highest BCUT2D eigenvalue weighted by Crippen LogP contribution is 2.16. The summed E-state index contributed by atoms with van der Waals surface area (Å²) in [5.74, 6) is 1.44. The lowest BCUT2D eigenvalue weighted by Gasteiger charge is -2.10. The first-order valence-corrected chi connectivity index (χ1v) is 7.28. The van der Waals surface area contributed by atoms with Crippen LogP contribution in [0.15, 0.2) is 42.9 Å². The summed E-state index contributed by atoms with van der Waals surface area (Å²) in [6.07, 6.45) is 7.17. The van der Waals surface area contributed by atoms with Gasteiger partial charge in [0.15, 0.2) is 6.19 Å². The molecule has 0 aliphatic carbocycles. The Kier molecular flexibility index (Phi) is 4.06. The number of nitriles is 1. The number of likely N-dealkylation sites (tertiary alicyclic amines) is 1. The molecular formula is C16H19N5. The number of nitrogens with zero attached hydrogens (tertiary/aromatic N) is 4. The highest BCUT2D eigenvalue weighted by Gasteiger charge is 2.21. The molecule has 1 aliphatic rings. The van der Waals surface area contributed by atoms with Crippen LogP contribution in [0, 0.1) is 17.4 Å². The largest absolute Gasteiger partial charge is 0.368 e. The van der Waals surface area contributed by atoms with Gasteiger partial charge in [-0.05, 0) is 17.9 Å². The summed E-state index contributed by atoms with van der Waals surface area (Å²) in [6, 6.07) is 10.3. The standard InChI is InChI=1S/C16H19N5/c17-12-20-7-6-15(10-20)8-18-16-11-21(13-19-16)9-14-4-2-1-3-5-14/h1-5,11,13,15,18H,6-10H2. The first kappa shape index (κ1) is 13.5. The van der Waals surface area contributed by atoms with E-state index >= 15 is 0 Å². The average Bonchev–Trinajstić information content (AvgIpc) is 3.15. The Balaban J connectivity index is 1.50. The van der Waals surface area contributed by atoms with Gasteiger partial charge in [-0.2, -0.15) is 5.26 Å². The third-order valence-electron chi connectivity index (χ3n) is 3.84. The van der Waals surface area contributed by atoms with Gasteiger partial charge in [-0.1, -0.05) is 30.3 Å². The smallest absolute Gasteiger partial charge is 0.179 e. The van der Waals surface area contributed by atoms with Crippen molar-refractivity contribution in [3.8, 4) is 6.19 Å². The number of aromatic nitrogens is 2. The van der Waals surface area contributed by atoms with Crippen molar-refractivity contribution < 1.29 is 0 Å². The molecule has 3 rings (SSSR count). The van der Waals surface area contributed by atoms with Crippen LogP contribution in [0.2, 0.25) is 0 Å². The SMILES string of the molecule is N#CN1CCC(CNc2cn(Cc3ccccc3)cn2)C1. The quantitative estimate of drug-likeness (QED) is 0.853. The Morgan fingerprint density at radius 2 is 2.19 bits per heavy atom. The maximum Gasteiger partial charge on any atom is 0.179 e. The topological polar surface area (TPSA) is 56.9 Å². The van der Waals surface area contributed by atoms with Crippen molar-refractivity contribution in [2.24, 2.45) is 5.92 Å². The van der Waals surface area contributed by atoms with Crippen LogP contribution in [0.3, 0.4) is 0 Å². The lowest BCUT2D eigenvalue weighted by atomic mass is 10.1. The molecule has 1 N–H and O–H groups in total. The normalized spacial score (nSPS) is 17.7. The minimum Gasteiger partial charge on any atom is -0.368 e. The van der Waals surface area contributed by atoms with Crippen molar-refractivity contribution in [1.29, 1.82) is 5.26 Å². The highest BCUT2D eigenvalue weighted by atomic mass is 15.2. The minimum absolute atomic E-state index is 0.531. The number of benzene rings is 1. The zero-order valence-corrected chi connectivity index (χ0v) is 11.9. The molecule has 0 spiro atoms. The van der Waals surface area contributed by atoms with Crippen LogP contribution in [0.5, 0.6) is 0 Å². The molecule has 1 aromatic carbocycles. The van der Waals surface area contributed by atoms with Gasteiger partial charge < -0.3 is 14.8 Å². The van der Waals surface area contributed by atoms with E-state index in [1.807, 2.05) is 35.6 Å². The number of nitrogens with one attached hydrogen (secondary N) is 1.